The van der Waals surface area contributed by atoms with Crippen LogP contribution >= 0.6 is 0 Å². The van der Waals surface area contributed by atoms with Gasteiger partial charge in [-0.05, 0) is 18.6 Å². The van der Waals surface area contributed by atoms with E-state index in [-0.39, 0.29) is 0 Å². The lowest BCUT2D eigenvalue weighted by Gasteiger charge is -2.12. The Balaban J connectivity index is 3.24. The van der Waals surface area contributed by atoms with E-state index < -0.39 is 5.97 Å². The van der Waals surface area contributed by atoms with Gasteiger partial charge in [-0.15, -0.1) is 0 Å². The predicted molar refractivity (Wildman–Crippen MR) is 61.0 cm³/mol. The number of hydrogen-bond donors (Lipinski definition) is 1. The number of rotatable bonds is 4. The monoisotopic (exact) mass is 222 g/mol. The van der Waals surface area contributed by atoms with Gasteiger partial charge in [-0.25, -0.2) is 4.79 Å². The second-order valence-corrected chi connectivity index (χ2v) is 3.21. The van der Waals surface area contributed by atoms with Crippen molar-refractivity contribution in [1.29, 1.82) is 0 Å². The van der Waals surface area contributed by atoms with Crippen molar-refractivity contribution in [2.45, 2.75) is 6.92 Å². The van der Waals surface area contributed by atoms with Gasteiger partial charge in [0.2, 0.25) is 0 Å². The topological polar surface area (TPSA) is 55.8 Å². The Labute approximate surface area is 94.1 Å². The maximum atomic E-state index is 10.4. The standard InChI is InChI=1S/C12H14O4/c1-8-4-5-9(6-7-10(13)14)12(16-3)11(8)15-2/h4-7H,1-3H3,(H,13,14)/b7-6+. The van der Waals surface area contributed by atoms with E-state index in [1.54, 1.807) is 13.2 Å². The van der Waals surface area contributed by atoms with E-state index in [1.165, 1.54) is 13.2 Å². The number of aryl methyl sites for hydroxylation is 1. The third-order valence-corrected chi connectivity index (χ3v) is 2.15. The van der Waals surface area contributed by atoms with Crippen LogP contribution in [0, 0.1) is 6.92 Å². The molecule has 0 saturated heterocycles. The predicted octanol–water partition coefficient (Wildman–Crippen LogP) is 2.11. The Morgan fingerprint density at radius 3 is 2.38 bits per heavy atom. The fourth-order valence-corrected chi connectivity index (χ4v) is 1.43. The van der Waals surface area contributed by atoms with E-state index in [2.05, 4.69) is 0 Å². The fraction of sp³-hybridized carbons (Fsp3) is 0.250. The lowest BCUT2D eigenvalue weighted by molar-refractivity contribution is -0.131. The molecule has 0 aliphatic carbocycles. The van der Waals surface area contributed by atoms with E-state index in [1.807, 2.05) is 13.0 Å². The molecular formula is C12H14O4. The van der Waals surface area contributed by atoms with Crippen LogP contribution in [0.15, 0.2) is 18.2 Å². The first-order valence-corrected chi connectivity index (χ1v) is 4.72. The number of methoxy groups -OCH3 is 2. The van der Waals surface area contributed by atoms with Gasteiger partial charge in [-0.2, -0.15) is 0 Å². The first-order chi connectivity index (χ1) is 7.60. The van der Waals surface area contributed by atoms with Gasteiger partial charge in [0.25, 0.3) is 0 Å². The molecule has 4 nitrogen and oxygen atoms in total. The summed E-state index contributed by atoms with van der Waals surface area (Å²) in [5.74, 6) is 0.164. The summed E-state index contributed by atoms with van der Waals surface area (Å²) in [5, 5.41) is 8.56. The van der Waals surface area contributed by atoms with Gasteiger partial charge in [0.05, 0.1) is 14.2 Å². The van der Waals surface area contributed by atoms with Crippen LogP contribution in [0.2, 0.25) is 0 Å². The number of benzene rings is 1. The number of carbonyl (C=O) groups is 1. The van der Waals surface area contributed by atoms with Crippen molar-refractivity contribution < 1.29 is 19.4 Å². The van der Waals surface area contributed by atoms with Crippen molar-refractivity contribution in [2.24, 2.45) is 0 Å². The summed E-state index contributed by atoms with van der Waals surface area (Å²) >= 11 is 0. The molecule has 0 fully saturated rings. The van der Waals surface area contributed by atoms with Crippen molar-refractivity contribution >= 4 is 12.0 Å². The Hall–Kier alpha value is -1.97. The van der Waals surface area contributed by atoms with Crippen molar-refractivity contribution in [3.05, 3.63) is 29.3 Å². The molecule has 4 heteroatoms. The molecule has 0 aliphatic heterocycles. The normalized spacial score (nSPS) is 10.4. The molecule has 86 valence electrons. The van der Waals surface area contributed by atoms with Gasteiger partial charge in [0, 0.05) is 11.6 Å². The Kier molecular flexibility index (Phi) is 3.94. The van der Waals surface area contributed by atoms with Crippen molar-refractivity contribution in [2.75, 3.05) is 14.2 Å². The van der Waals surface area contributed by atoms with Gasteiger partial charge < -0.3 is 14.6 Å². The minimum atomic E-state index is -0.999. The van der Waals surface area contributed by atoms with Crippen LogP contribution in [0.25, 0.3) is 6.08 Å². The molecule has 1 aromatic rings. The molecule has 0 aromatic heterocycles. The minimum absolute atomic E-state index is 0.542. The Morgan fingerprint density at radius 2 is 1.88 bits per heavy atom. The molecule has 16 heavy (non-hydrogen) atoms. The van der Waals surface area contributed by atoms with Crippen LogP contribution in [-0.2, 0) is 4.79 Å². The van der Waals surface area contributed by atoms with Crippen molar-refractivity contribution in [1.82, 2.24) is 0 Å². The lowest BCUT2D eigenvalue weighted by Crippen LogP contribution is -1.96. The van der Waals surface area contributed by atoms with E-state index in [9.17, 15) is 4.79 Å². The van der Waals surface area contributed by atoms with E-state index in [4.69, 9.17) is 14.6 Å². The summed E-state index contributed by atoms with van der Waals surface area (Å²) in [7, 11) is 3.07. The average Bonchev–Trinajstić information content (AvgIpc) is 2.26. The first kappa shape index (κ1) is 12.1. The molecule has 1 aromatic carbocycles. The van der Waals surface area contributed by atoms with Gasteiger partial charge in [-0.3, -0.25) is 0 Å². The highest BCUT2D eigenvalue weighted by atomic mass is 16.5. The first-order valence-electron chi connectivity index (χ1n) is 4.72. The van der Waals surface area contributed by atoms with Crippen LogP contribution in [0.4, 0.5) is 0 Å². The molecule has 1 N–H and O–H groups in total. The maximum Gasteiger partial charge on any atom is 0.328 e. The summed E-state index contributed by atoms with van der Waals surface area (Å²) in [6.45, 7) is 1.89. The third kappa shape index (κ3) is 2.53. The van der Waals surface area contributed by atoms with E-state index >= 15 is 0 Å². The second-order valence-electron chi connectivity index (χ2n) is 3.21. The van der Waals surface area contributed by atoms with Crippen LogP contribution < -0.4 is 9.47 Å². The number of aliphatic carboxylic acids is 1. The maximum absolute atomic E-state index is 10.4. The molecule has 0 unspecified atom stereocenters. The molecule has 0 atom stereocenters. The molecule has 0 radical (unpaired) electrons. The van der Waals surface area contributed by atoms with Crippen molar-refractivity contribution in [3.63, 3.8) is 0 Å². The SMILES string of the molecule is COc1c(C)ccc(/C=C/C(=O)O)c1OC. The average molecular weight is 222 g/mol. The molecule has 1 rings (SSSR count). The molecule has 0 heterocycles. The number of ether oxygens (including phenoxy) is 2. The molecule has 0 bridgehead atoms. The molecule has 0 saturated carbocycles. The second kappa shape index (κ2) is 5.21. The summed E-state index contributed by atoms with van der Waals surface area (Å²) in [4.78, 5) is 10.4. The third-order valence-electron chi connectivity index (χ3n) is 2.15. The molecule has 0 aliphatic rings. The smallest absolute Gasteiger partial charge is 0.328 e. The minimum Gasteiger partial charge on any atom is -0.493 e. The van der Waals surface area contributed by atoms with Gasteiger partial charge in [-0.1, -0.05) is 12.1 Å². The van der Waals surface area contributed by atoms with E-state index in [0.29, 0.717) is 17.1 Å². The van der Waals surface area contributed by atoms with Gasteiger partial charge in [0.1, 0.15) is 0 Å². The molecule has 0 spiro atoms. The Bertz CT molecular complexity index is 421. The van der Waals surface area contributed by atoms with Crippen LogP contribution in [-0.4, -0.2) is 25.3 Å². The summed E-state index contributed by atoms with van der Waals surface area (Å²) in [5.41, 5.74) is 1.61. The summed E-state index contributed by atoms with van der Waals surface area (Å²) in [6, 6.07) is 3.64. The van der Waals surface area contributed by atoms with E-state index in [0.717, 1.165) is 11.6 Å². The fourth-order valence-electron chi connectivity index (χ4n) is 1.43. The quantitative estimate of drug-likeness (QED) is 0.793. The summed E-state index contributed by atoms with van der Waals surface area (Å²) in [6.07, 6.45) is 2.54. The van der Waals surface area contributed by atoms with Crippen LogP contribution in [0.1, 0.15) is 11.1 Å². The molecular weight excluding hydrogens is 208 g/mol. The van der Waals surface area contributed by atoms with Gasteiger partial charge in [0.15, 0.2) is 11.5 Å². The highest BCUT2D eigenvalue weighted by molar-refractivity contribution is 5.86. The van der Waals surface area contributed by atoms with Crippen molar-refractivity contribution in [3.8, 4) is 11.5 Å². The number of hydrogen-bond acceptors (Lipinski definition) is 3. The zero-order chi connectivity index (χ0) is 12.1. The zero-order valence-corrected chi connectivity index (χ0v) is 9.48. The largest absolute Gasteiger partial charge is 0.493 e. The number of carboxylic acids is 1. The van der Waals surface area contributed by atoms with Gasteiger partial charge >= 0.3 is 5.97 Å². The Morgan fingerprint density at radius 1 is 1.25 bits per heavy atom. The summed E-state index contributed by atoms with van der Waals surface area (Å²) < 4.78 is 10.4. The van der Waals surface area contributed by atoms with Crippen LogP contribution in [0.3, 0.4) is 0 Å². The van der Waals surface area contributed by atoms with Crippen LogP contribution in [0.5, 0.6) is 11.5 Å². The zero-order valence-electron chi connectivity index (χ0n) is 9.48. The molecule has 0 amide bonds. The highest BCUT2D eigenvalue weighted by Crippen LogP contribution is 2.34. The number of carboxylic acid groups (broad SMARTS) is 1. The lowest BCUT2D eigenvalue weighted by atomic mass is 10.1. The highest BCUT2D eigenvalue weighted by Gasteiger charge is 2.10.